The Labute approximate surface area is 144 Å². The number of carbonyl (C=O) groups excluding carboxylic acids is 1. The Kier molecular flexibility index (Phi) is 3.44. The molecule has 4 aliphatic carbocycles. The van der Waals surface area contributed by atoms with E-state index < -0.39 is 17.1 Å². The van der Waals surface area contributed by atoms with Crippen LogP contribution in [-0.4, -0.2) is 38.9 Å². The smallest absolute Gasteiger partial charge is 0.137 e. The average molecular weight is 334 g/mol. The van der Waals surface area contributed by atoms with Crippen LogP contribution in [0, 0.1) is 28.6 Å². The van der Waals surface area contributed by atoms with Crippen LogP contribution >= 0.6 is 0 Å². The van der Waals surface area contributed by atoms with Gasteiger partial charge in [-0.05, 0) is 50.4 Å². The normalized spacial score (nSPS) is 57.0. The first kappa shape index (κ1) is 16.7. The van der Waals surface area contributed by atoms with Crippen LogP contribution in [-0.2, 0) is 4.79 Å². The first-order valence-electron chi connectivity index (χ1n) is 9.42. The first-order chi connectivity index (χ1) is 11.1. The van der Waals surface area contributed by atoms with Crippen molar-refractivity contribution in [2.75, 3.05) is 0 Å². The second kappa shape index (κ2) is 4.93. The van der Waals surface area contributed by atoms with Crippen molar-refractivity contribution in [2.45, 2.75) is 77.1 Å². The molecule has 0 spiro atoms. The molecular weight excluding hydrogens is 304 g/mol. The van der Waals surface area contributed by atoms with E-state index >= 15 is 0 Å². The number of carbonyl (C=O) groups is 1. The molecule has 134 valence electrons. The van der Waals surface area contributed by atoms with Crippen molar-refractivity contribution in [2.24, 2.45) is 28.6 Å². The molecule has 0 heterocycles. The van der Waals surface area contributed by atoms with E-state index in [1.165, 1.54) is 0 Å². The van der Waals surface area contributed by atoms with Crippen LogP contribution in [0.2, 0.25) is 0 Å². The Bertz CT molecular complexity index is 609. The number of ketones is 1. The lowest BCUT2D eigenvalue weighted by atomic mass is 9.46. The molecule has 0 bridgehead atoms. The minimum Gasteiger partial charge on any atom is -0.393 e. The summed E-state index contributed by atoms with van der Waals surface area (Å²) in [6.07, 6.45) is 5.00. The van der Waals surface area contributed by atoms with E-state index in [9.17, 15) is 20.1 Å². The maximum absolute atomic E-state index is 13.2. The SMILES string of the molecule is C[C@]12CC[C@H](O)CC1=C[C@H](O)C1C2C(=O)C[C@@]2(C)C1CC[C@]2(C)O. The minimum absolute atomic E-state index is 0.103. The number of Topliss-reactive ketones (excluding diaryl/α,β-unsaturated/α-hetero) is 1. The summed E-state index contributed by atoms with van der Waals surface area (Å²) in [5.74, 6) is 0.0948. The molecule has 8 atom stereocenters. The van der Waals surface area contributed by atoms with Gasteiger partial charge in [-0.3, -0.25) is 4.79 Å². The van der Waals surface area contributed by atoms with E-state index in [2.05, 4.69) is 6.92 Å². The summed E-state index contributed by atoms with van der Waals surface area (Å²) in [6.45, 7) is 6.05. The molecule has 4 rings (SSSR count). The van der Waals surface area contributed by atoms with Gasteiger partial charge in [0.05, 0.1) is 17.8 Å². The highest BCUT2D eigenvalue weighted by molar-refractivity contribution is 5.85. The number of aliphatic hydroxyl groups is 3. The number of hydrogen-bond acceptors (Lipinski definition) is 4. The fraction of sp³-hybridized carbons (Fsp3) is 0.850. The Morgan fingerprint density at radius 2 is 1.83 bits per heavy atom. The van der Waals surface area contributed by atoms with E-state index in [4.69, 9.17) is 0 Å². The zero-order valence-corrected chi connectivity index (χ0v) is 15.0. The quantitative estimate of drug-likeness (QED) is 0.594. The van der Waals surface area contributed by atoms with Gasteiger partial charge in [-0.15, -0.1) is 0 Å². The number of aliphatic hydroxyl groups excluding tert-OH is 2. The molecule has 0 saturated heterocycles. The van der Waals surface area contributed by atoms with Gasteiger partial charge < -0.3 is 15.3 Å². The maximum atomic E-state index is 13.2. The van der Waals surface area contributed by atoms with Crippen molar-refractivity contribution in [1.29, 1.82) is 0 Å². The molecule has 3 fully saturated rings. The second-order valence-electron chi connectivity index (χ2n) is 9.53. The van der Waals surface area contributed by atoms with Crippen LogP contribution < -0.4 is 0 Å². The Balaban J connectivity index is 1.81. The average Bonchev–Trinajstić information content (AvgIpc) is 2.71. The van der Waals surface area contributed by atoms with Gasteiger partial charge in [0.2, 0.25) is 0 Å². The van der Waals surface area contributed by atoms with Gasteiger partial charge >= 0.3 is 0 Å². The molecule has 0 aromatic rings. The summed E-state index contributed by atoms with van der Waals surface area (Å²) in [5, 5.41) is 31.8. The van der Waals surface area contributed by atoms with Crippen LogP contribution in [0.5, 0.6) is 0 Å². The monoisotopic (exact) mass is 334 g/mol. The highest BCUT2D eigenvalue weighted by Gasteiger charge is 2.66. The lowest BCUT2D eigenvalue weighted by Gasteiger charge is -2.58. The van der Waals surface area contributed by atoms with Crippen molar-refractivity contribution in [3.63, 3.8) is 0 Å². The molecular formula is C20H30O4. The minimum atomic E-state index is -0.842. The van der Waals surface area contributed by atoms with E-state index in [-0.39, 0.29) is 35.1 Å². The van der Waals surface area contributed by atoms with Crippen molar-refractivity contribution in [3.8, 4) is 0 Å². The summed E-state index contributed by atoms with van der Waals surface area (Å²) in [6, 6.07) is 0. The van der Waals surface area contributed by atoms with Gasteiger partial charge in [0.1, 0.15) is 5.78 Å². The summed E-state index contributed by atoms with van der Waals surface area (Å²) in [5.41, 5.74) is -0.458. The number of fused-ring (bicyclic) bond motifs is 5. The predicted molar refractivity (Wildman–Crippen MR) is 90.1 cm³/mol. The van der Waals surface area contributed by atoms with Crippen molar-refractivity contribution in [1.82, 2.24) is 0 Å². The summed E-state index contributed by atoms with van der Waals surface area (Å²) in [7, 11) is 0. The topological polar surface area (TPSA) is 77.8 Å². The molecule has 24 heavy (non-hydrogen) atoms. The fourth-order valence-electron chi connectivity index (χ4n) is 6.66. The third kappa shape index (κ3) is 1.94. The standard InChI is InChI=1S/C20H30O4/c1-18-6-4-12(21)8-11(18)9-14(22)16-13-5-7-20(3,24)19(13,2)10-15(23)17(16)18/h9,12-14,16-17,21-22,24H,4-8,10H2,1-3H3/t12-,13?,14-,16?,17?,18-,19-,20-/m0/s1. The molecule has 3 N–H and O–H groups in total. The molecule has 0 aliphatic heterocycles. The van der Waals surface area contributed by atoms with Gasteiger partial charge in [-0.25, -0.2) is 0 Å². The van der Waals surface area contributed by atoms with Gasteiger partial charge in [0, 0.05) is 23.7 Å². The Morgan fingerprint density at radius 1 is 1.12 bits per heavy atom. The molecule has 4 aliphatic rings. The molecule has 4 heteroatoms. The number of hydrogen-bond donors (Lipinski definition) is 3. The van der Waals surface area contributed by atoms with Crippen LogP contribution in [0.1, 0.15) is 59.3 Å². The van der Waals surface area contributed by atoms with E-state index in [1.807, 2.05) is 19.9 Å². The summed E-state index contributed by atoms with van der Waals surface area (Å²) < 4.78 is 0. The zero-order valence-electron chi connectivity index (χ0n) is 15.0. The van der Waals surface area contributed by atoms with Gasteiger partial charge in [-0.1, -0.05) is 25.5 Å². The maximum Gasteiger partial charge on any atom is 0.137 e. The highest BCUT2D eigenvalue weighted by Crippen LogP contribution is 2.65. The summed E-state index contributed by atoms with van der Waals surface area (Å²) >= 11 is 0. The van der Waals surface area contributed by atoms with Gasteiger partial charge in [0.15, 0.2) is 0 Å². The van der Waals surface area contributed by atoms with Gasteiger partial charge in [-0.2, -0.15) is 0 Å². The molecule has 3 unspecified atom stereocenters. The molecule has 0 aromatic heterocycles. The van der Waals surface area contributed by atoms with Crippen molar-refractivity contribution < 1.29 is 20.1 Å². The molecule has 0 aromatic carbocycles. The summed E-state index contributed by atoms with van der Waals surface area (Å²) in [4.78, 5) is 13.2. The second-order valence-corrected chi connectivity index (χ2v) is 9.53. The van der Waals surface area contributed by atoms with Crippen molar-refractivity contribution in [3.05, 3.63) is 11.6 Å². The van der Waals surface area contributed by atoms with Crippen LogP contribution in [0.15, 0.2) is 11.6 Å². The largest absolute Gasteiger partial charge is 0.393 e. The Morgan fingerprint density at radius 3 is 2.54 bits per heavy atom. The molecule has 0 radical (unpaired) electrons. The predicted octanol–water partition coefficient (Wildman–Crippen LogP) is 2.21. The lowest BCUT2D eigenvalue weighted by molar-refractivity contribution is -0.164. The first-order valence-corrected chi connectivity index (χ1v) is 9.42. The van der Waals surface area contributed by atoms with E-state index in [1.54, 1.807) is 0 Å². The van der Waals surface area contributed by atoms with Crippen LogP contribution in [0.3, 0.4) is 0 Å². The highest BCUT2D eigenvalue weighted by atomic mass is 16.3. The van der Waals surface area contributed by atoms with E-state index in [0.29, 0.717) is 19.3 Å². The molecule has 0 amide bonds. The van der Waals surface area contributed by atoms with E-state index in [0.717, 1.165) is 24.8 Å². The van der Waals surface area contributed by atoms with Crippen molar-refractivity contribution >= 4 is 5.78 Å². The fourth-order valence-corrected chi connectivity index (χ4v) is 6.66. The third-order valence-corrected chi connectivity index (χ3v) is 8.37. The third-order valence-electron chi connectivity index (χ3n) is 8.37. The lowest BCUT2D eigenvalue weighted by Crippen LogP contribution is -2.60. The van der Waals surface area contributed by atoms with Crippen LogP contribution in [0.25, 0.3) is 0 Å². The zero-order chi connectivity index (χ0) is 17.5. The molecule has 3 saturated carbocycles. The number of rotatable bonds is 0. The van der Waals surface area contributed by atoms with Gasteiger partial charge in [0.25, 0.3) is 0 Å². The Hall–Kier alpha value is -0.710. The molecule has 4 nitrogen and oxygen atoms in total. The van der Waals surface area contributed by atoms with Crippen LogP contribution in [0.4, 0.5) is 0 Å².